The van der Waals surface area contributed by atoms with Crippen LogP contribution in [0.2, 0.25) is 0 Å². The molecule has 2 heterocycles. The SMILES string of the molecule is COc1cc2sc(=NC(=O)c3ccn(C)n3)n(C)c2cc1OC. The zero-order valence-electron chi connectivity index (χ0n) is 13.2. The molecule has 0 unspecified atom stereocenters. The van der Waals surface area contributed by atoms with E-state index >= 15 is 0 Å². The lowest BCUT2D eigenvalue weighted by atomic mass is 10.3. The summed E-state index contributed by atoms with van der Waals surface area (Å²) in [6.07, 6.45) is 1.71. The Bertz CT molecular complexity index is 951. The average Bonchev–Trinajstić information content (AvgIpc) is 3.10. The van der Waals surface area contributed by atoms with E-state index in [2.05, 4.69) is 10.1 Å². The summed E-state index contributed by atoms with van der Waals surface area (Å²) < 4.78 is 15.0. The maximum absolute atomic E-state index is 12.2. The van der Waals surface area contributed by atoms with Crippen LogP contribution in [0.5, 0.6) is 11.5 Å². The number of nitrogens with zero attached hydrogens (tertiary/aromatic N) is 4. The predicted molar refractivity (Wildman–Crippen MR) is 87.0 cm³/mol. The fourth-order valence-corrected chi connectivity index (χ4v) is 3.26. The minimum Gasteiger partial charge on any atom is -0.493 e. The Kier molecular flexibility index (Phi) is 3.91. The third-order valence-corrected chi connectivity index (χ3v) is 4.54. The number of fused-ring (bicyclic) bond motifs is 1. The molecule has 0 aliphatic carbocycles. The van der Waals surface area contributed by atoms with Crippen molar-refractivity contribution in [2.45, 2.75) is 0 Å². The van der Waals surface area contributed by atoms with Crippen molar-refractivity contribution >= 4 is 27.5 Å². The lowest BCUT2D eigenvalue weighted by Gasteiger charge is -2.07. The molecule has 0 radical (unpaired) electrons. The van der Waals surface area contributed by atoms with Crippen LogP contribution in [0, 0.1) is 0 Å². The van der Waals surface area contributed by atoms with E-state index < -0.39 is 0 Å². The van der Waals surface area contributed by atoms with Crippen LogP contribution in [0.3, 0.4) is 0 Å². The van der Waals surface area contributed by atoms with E-state index in [1.54, 1.807) is 38.2 Å². The molecule has 0 bridgehead atoms. The molecule has 0 fully saturated rings. The Hall–Kier alpha value is -2.61. The summed E-state index contributed by atoms with van der Waals surface area (Å²) in [6.45, 7) is 0. The van der Waals surface area contributed by atoms with Gasteiger partial charge in [-0.2, -0.15) is 10.1 Å². The van der Waals surface area contributed by atoms with Crippen molar-refractivity contribution in [2.24, 2.45) is 19.1 Å². The molecular formula is C15H16N4O3S. The van der Waals surface area contributed by atoms with Crippen LogP contribution in [0.15, 0.2) is 29.4 Å². The highest BCUT2D eigenvalue weighted by molar-refractivity contribution is 7.16. The topological polar surface area (TPSA) is 70.6 Å². The van der Waals surface area contributed by atoms with Gasteiger partial charge in [0.2, 0.25) is 0 Å². The van der Waals surface area contributed by atoms with Crippen LogP contribution in [-0.2, 0) is 14.1 Å². The second-order valence-electron chi connectivity index (χ2n) is 4.91. The van der Waals surface area contributed by atoms with Gasteiger partial charge in [0.1, 0.15) is 0 Å². The van der Waals surface area contributed by atoms with Gasteiger partial charge in [-0.05, 0) is 6.07 Å². The molecular weight excluding hydrogens is 316 g/mol. The van der Waals surface area contributed by atoms with Crippen LogP contribution in [0.25, 0.3) is 10.2 Å². The molecule has 8 heteroatoms. The summed E-state index contributed by atoms with van der Waals surface area (Å²) >= 11 is 1.41. The van der Waals surface area contributed by atoms with Gasteiger partial charge in [0.05, 0.1) is 24.4 Å². The maximum Gasteiger partial charge on any atom is 0.300 e. The number of rotatable bonds is 3. The van der Waals surface area contributed by atoms with Gasteiger partial charge in [0.15, 0.2) is 22.0 Å². The Balaban J connectivity index is 2.13. The molecule has 1 aromatic carbocycles. The Labute approximate surface area is 136 Å². The summed E-state index contributed by atoms with van der Waals surface area (Å²) in [4.78, 5) is 17.0. The van der Waals surface area contributed by atoms with Gasteiger partial charge in [-0.25, -0.2) is 0 Å². The number of aryl methyl sites for hydroxylation is 2. The molecule has 0 saturated carbocycles. The minimum atomic E-state index is -0.369. The van der Waals surface area contributed by atoms with Crippen molar-refractivity contribution in [3.63, 3.8) is 0 Å². The zero-order valence-corrected chi connectivity index (χ0v) is 14.0. The van der Waals surface area contributed by atoms with Crippen molar-refractivity contribution < 1.29 is 14.3 Å². The van der Waals surface area contributed by atoms with Crippen molar-refractivity contribution in [1.82, 2.24) is 14.3 Å². The highest BCUT2D eigenvalue weighted by Crippen LogP contribution is 2.32. The first kappa shape index (κ1) is 15.3. The molecule has 3 rings (SSSR count). The number of benzene rings is 1. The number of thiazole rings is 1. The number of ether oxygens (including phenoxy) is 2. The lowest BCUT2D eigenvalue weighted by Crippen LogP contribution is -2.13. The van der Waals surface area contributed by atoms with Crippen molar-refractivity contribution in [3.05, 3.63) is 34.9 Å². The van der Waals surface area contributed by atoms with E-state index in [9.17, 15) is 4.79 Å². The summed E-state index contributed by atoms with van der Waals surface area (Å²) in [5.41, 5.74) is 1.24. The first-order chi connectivity index (χ1) is 11.0. The maximum atomic E-state index is 12.2. The highest BCUT2D eigenvalue weighted by atomic mass is 32.1. The largest absolute Gasteiger partial charge is 0.493 e. The van der Waals surface area contributed by atoms with Crippen LogP contribution < -0.4 is 14.3 Å². The van der Waals surface area contributed by atoms with Gasteiger partial charge < -0.3 is 14.0 Å². The minimum absolute atomic E-state index is 0.320. The molecule has 120 valence electrons. The number of carbonyl (C=O) groups excluding carboxylic acids is 1. The standard InChI is InChI=1S/C15H16N4O3S/c1-18-6-5-9(17-18)14(20)16-15-19(2)10-7-11(21-3)12(22-4)8-13(10)23-15/h5-8H,1-4H3. The number of hydrogen-bond acceptors (Lipinski definition) is 5. The molecule has 23 heavy (non-hydrogen) atoms. The summed E-state index contributed by atoms with van der Waals surface area (Å²) in [5.74, 6) is 0.909. The second-order valence-corrected chi connectivity index (χ2v) is 5.92. The van der Waals surface area contributed by atoms with Crippen molar-refractivity contribution in [3.8, 4) is 11.5 Å². The molecule has 7 nitrogen and oxygen atoms in total. The predicted octanol–water partition coefficient (Wildman–Crippen LogP) is 1.73. The number of aromatic nitrogens is 3. The molecule has 0 atom stereocenters. The Morgan fingerprint density at radius 2 is 1.91 bits per heavy atom. The lowest BCUT2D eigenvalue weighted by molar-refractivity contribution is 0.0992. The highest BCUT2D eigenvalue weighted by Gasteiger charge is 2.12. The fourth-order valence-electron chi connectivity index (χ4n) is 2.23. The molecule has 0 aliphatic rings. The number of amides is 1. The van der Waals surface area contributed by atoms with Crippen molar-refractivity contribution in [1.29, 1.82) is 0 Å². The van der Waals surface area contributed by atoms with Gasteiger partial charge in [0, 0.05) is 32.4 Å². The first-order valence-electron chi connectivity index (χ1n) is 6.83. The normalized spacial score (nSPS) is 11.9. The third-order valence-electron chi connectivity index (χ3n) is 3.44. The van der Waals surface area contributed by atoms with E-state index in [-0.39, 0.29) is 5.91 Å². The van der Waals surface area contributed by atoms with E-state index in [0.717, 1.165) is 10.2 Å². The first-order valence-corrected chi connectivity index (χ1v) is 7.65. The van der Waals surface area contributed by atoms with Crippen LogP contribution in [0.1, 0.15) is 10.5 Å². The molecule has 0 saturated heterocycles. The quantitative estimate of drug-likeness (QED) is 0.732. The van der Waals surface area contributed by atoms with Gasteiger partial charge in [-0.15, -0.1) is 0 Å². The van der Waals surface area contributed by atoms with E-state index in [0.29, 0.717) is 22.0 Å². The Morgan fingerprint density at radius 1 is 1.22 bits per heavy atom. The molecule has 1 amide bonds. The van der Waals surface area contributed by atoms with Crippen LogP contribution in [-0.4, -0.2) is 34.5 Å². The monoisotopic (exact) mass is 332 g/mol. The van der Waals surface area contributed by atoms with Crippen LogP contribution in [0.4, 0.5) is 0 Å². The number of carbonyl (C=O) groups is 1. The molecule has 0 N–H and O–H groups in total. The van der Waals surface area contributed by atoms with E-state index in [1.807, 2.05) is 23.7 Å². The molecule has 0 aliphatic heterocycles. The average molecular weight is 332 g/mol. The van der Waals surface area contributed by atoms with Gasteiger partial charge in [-0.1, -0.05) is 11.3 Å². The van der Waals surface area contributed by atoms with Crippen LogP contribution >= 0.6 is 11.3 Å². The van der Waals surface area contributed by atoms with E-state index in [1.165, 1.54) is 11.3 Å². The Morgan fingerprint density at radius 3 is 2.52 bits per heavy atom. The smallest absolute Gasteiger partial charge is 0.300 e. The summed E-state index contributed by atoms with van der Waals surface area (Å²) in [5, 5.41) is 4.07. The zero-order chi connectivity index (χ0) is 16.6. The van der Waals surface area contributed by atoms with Crippen molar-refractivity contribution in [2.75, 3.05) is 14.2 Å². The third kappa shape index (κ3) is 2.72. The summed E-state index contributed by atoms with van der Waals surface area (Å²) in [6, 6.07) is 5.39. The summed E-state index contributed by atoms with van der Waals surface area (Å²) in [7, 11) is 6.79. The second kappa shape index (κ2) is 5.88. The van der Waals surface area contributed by atoms with E-state index in [4.69, 9.17) is 9.47 Å². The molecule has 0 spiro atoms. The molecule has 3 aromatic rings. The number of hydrogen-bond donors (Lipinski definition) is 0. The van der Waals surface area contributed by atoms with Gasteiger partial charge in [0.25, 0.3) is 5.91 Å². The van der Waals surface area contributed by atoms with Gasteiger partial charge in [-0.3, -0.25) is 9.48 Å². The van der Waals surface area contributed by atoms with Gasteiger partial charge >= 0.3 is 0 Å². The molecule has 2 aromatic heterocycles. The number of methoxy groups -OCH3 is 2. The fraction of sp³-hybridized carbons (Fsp3) is 0.267.